The van der Waals surface area contributed by atoms with Crippen molar-refractivity contribution >= 4 is 51.9 Å². The minimum atomic E-state index is -0.525. The summed E-state index contributed by atoms with van der Waals surface area (Å²) >= 11 is 7.21. The molecule has 0 radical (unpaired) electrons. The summed E-state index contributed by atoms with van der Waals surface area (Å²) in [7, 11) is 0. The Hall–Kier alpha value is -3.42. The Morgan fingerprint density at radius 2 is 1.75 bits per heavy atom. The van der Waals surface area contributed by atoms with Gasteiger partial charge in [0.2, 0.25) is 5.91 Å². The maximum atomic E-state index is 13.5. The molecule has 2 atom stereocenters. The number of para-hydroxylation sites is 1. The van der Waals surface area contributed by atoms with E-state index in [0.29, 0.717) is 35.4 Å². The van der Waals surface area contributed by atoms with Gasteiger partial charge in [-0.2, -0.15) is 0 Å². The summed E-state index contributed by atoms with van der Waals surface area (Å²) in [6, 6.07) is 24.6. The average Bonchev–Trinajstić information content (AvgIpc) is 3.22. The van der Waals surface area contributed by atoms with E-state index >= 15 is 0 Å². The topological polar surface area (TPSA) is 74.1 Å². The number of amides is 2. The van der Waals surface area contributed by atoms with Crippen molar-refractivity contribution in [3.05, 3.63) is 101 Å². The molecule has 1 N–H and O–H groups in total. The standard InChI is InChI=1S/C28H25ClN4O2S/c1-18(26(34)30-16-15-19-11-13-21(29)14-12-19)36-28-32-23-10-6-5-9-22(23)25-31-24(27(35)33(25)28)17-20-7-3-2-4-8-20/h2-14,18,24H,15-17H2,1H3,(H,30,34)/t18-,24+/m1/s1. The summed E-state index contributed by atoms with van der Waals surface area (Å²) in [5.74, 6) is 0.371. The number of hydrogen-bond donors (Lipinski definition) is 1. The largest absolute Gasteiger partial charge is 0.355 e. The van der Waals surface area contributed by atoms with Crippen LogP contribution < -0.4 is 5.32 Å². The predicted molar refractivity (Wildman–Crippen MR) is 146 cm³/mol. The molecule has 2 aliphatic heterocycles. The minimum absolute atomic E-state index is 0.110. The second kappa shape index (κ2) is 10.7. The smallest absolute Gasteiger partial charge is 0.259 e. The molecular formula is C28H25ClN4O2S. The molecule has 0 unspecified atom stereocenters. The number of rotatable bonds is 7. The van der Waals surface area contributed by atoms with E-state index in [1.54, 1.807) is 4.90 Å². The number of amidine groups is 2. The van der Waals surface area contributed by atoms with Gasteiger partial charge >= 0.3 is 0 Å². The molecule has 0 aliphatic carbocycles. The van der Waals surface area contributed by atoms with Crippen LogP contribution in [0.4, 0.5) is 5.69 Å². The average molecular weight is 517 g/mol. The molecule has 3 aromatic rings. The number of benzene rings is 3. The Morgan fingerprint density at radius 3 is 2.53 bits per heavy atom. The van der Waals surface area contributed by atoms with Crippen molar-refractivity contribution < 1.29 is 9.59 Å². The molecule has 8 heteroatoms. The van der Waals surface area contributed by atoms with Gasteiger partial charge in [-0.15, -0.1) is 0 Å². The zero-order valence-corrected chi connectivity index (χ0v) is 21.3. The lowest BCUT2D eigenvalue weighted by Crippen LogP contribution is -2.43. The van der Waals surface area contributed by atoms with Crippen molar-refractivity contribution in [2.75, 3.05) is 6.54 Å². The third kappa shape index (κ3) is 5.22. The molecule has 0 bridgehead atoms. The quantitative estimate of drug-likeness (QED) is 0.479. The second-order valence-corrected chi connectivity index (χ2v) is 10.4. The van der Waals surface area contributed by atoms with Crippen LogP contribution >= 0.6 is 23.4 Å². The van der Waals surface area contributed by atoms with Crippen molar-refractivity contribution in [2.24, 2.45) is 9.98 Å². The van der Waals surface area contributed by atoms with Gasteiger partial charge in [0, 0.05) is 23.6 Å². The molecule has 0 fully saturated rings. The normalized spacial score (nSPS) is 17.1. The Labute approximate surface area is 219 Å². The first-order valence-electron chi connectivity index (χ1n) is 11.8. The van der Waals surface area contributed by atoms with E-state index in [-0.39, 0.29) is 11.8 Å². The molecule has 0 aromatic heterocycles. The summed E-state index contributed by atoms with van der Waals surface area (Å²) in [6.07, 6.45) is 1.22. The van der Waals surface area contributed by atoms with Gasteiger partial charge in [-0.05, 0) is 48.7 Å². The molecule has 2 amide bonds. The van der Waals surface area contributed by atoms with Gasteiger partial charge in [0.05, 0.1) is 10.9 Å². The number of halogens is 1. The van der Waals surface area contributed by atoms with Crippen molar-refractivity contribution in [2.45, 2.75) is 31.1 Å². The number of fused-ring (bicyclic) bond motifs is 3. The summed E-state index contributed by atoms with van der Waals surface area (Å²) in [5, 5.41) is 3.71. The van der Waals surface area contributed by atoms with Crippen LogP contribution in [-0.4, -0.2) is 45.6 Å². The van der Waals surface area contributed by atoms with Gasteiger partial charge in [0.25, 0.3) is 5.91 Å². The molecule has 5 rings (SSSR count). The fourth-order valence-electron chi connectivity index (χ4n) is 4.19. The Kier molecular flexibility index (Phi) is 7.20. The van der Waals surface area contributed by atoms with E-state index in [1.807, 2.05) is 85.8 Å². The lowest BCUT2D eigenvalue weighted by Gasteiger charge is -2.27. The fraction of sp³-hybridized carbons (Fsp3) is 0.214. The van der Waals surface area contributed by atoms with Crippen molar-refractivity contribution in [3.8, 4) is 0 Å². The van der Waals surface area contributed by atoms with E-state index in [2.05, 4.69) is 5.32 Å². The highest BCUT2D eigenvalue weighted by atomic mass is 35.5. The molecule has 2 heterocycles. The number of thioether (sulfide) groups is 1. The molecule has 0 spiro atoms. The van der Waals surface area contributed by atoms with Crippen molar-refractivity contribution in [1.29, 1.82) is 0 Å². The first kappa shape index (κ1) is 24.3. The summed E-state index contributed by atoms with van der Waals surface area (Å²) in [5.41, 5.74) is 3.72. The van der Waals surface area contributed by atoms with Crippen LogP contribution in [0.15, 0.2) is 88.8 Å². The third-order valence-corrected chi connectivity index (χ3v) is 7.40. The minimum Gasteiger partial charge on any atom is -0.355 e. The maximum absolute atomic E-state index is 13.5. The molecule has 6 nitrogen and oxygen atoms in total. The molecule has 0 saturated carbocycles. The van der Waals surface area contributed by atoms with E-state index in [0.717, 1.165) is 22.4 Å². The monoisotopic (exact) mass is 516 g/mol. The Bertz CT molecular complexity index is 1340. The number of carbonyl (C=O) groups is 2. The molecular weight excluding hydrogens is 492 g/mol. The summed E-state index contributed by atoms with van der Waals surface area (Å²) < 4.78 is 0. The molecule has 36 heavy (non-hydrogen) atoms. The van der Waals surface area contributed by atoms with Crippen molar-refractivity contribution in [3.63, 3.8) is 0 Å². The van der Waals surface area contributed by atoms with Crippen LogP contribution in [0, 0.1) is 0 Å². The highest BCUT2D eigenvalue weighted by Gasteiger charge is 2.42. The van der Waals surface area contributed by atoms with Gasteiger partial charge < -0.3 is 5.32 Å². The van der Waals surface area contributed by atoms with Gasteiger partial charge in [0.1, 0.15) is 11.9 Å². The van der Waals surface area contributed by atoms with E-state index in [9.17, 15) is 9.59 Å². The highest BCUT2D eigenvalue weighted by Crippen LogP contribution is 2.35. The van der Waals surface area contributed by atoms with Crippen LogP contribution in [0.3, 0.4) is 0 Å². The summed E-state index contributed by atoms with van der Waals surface area (Å²) in [4.78, 5) is 37.5. The van der Waals surface area contributed by atoms with Crippen molar-refractivity contribution in [1.82, 2.24) is 10.2 Å². The van der Waals surface area contributed by atoms with E-state index in [4.69, 9.17) is 21.6 Å². The number of carbonyl (C=O) groups excluding carboxylic acids is 2. The first-order valence-corrected chi connectivity index (χ1v) is 13.1. The van der Waals surface area contributed by atoms with Gasteiger partial charge in [-0.1, -0.05) is 78.0 Å². The van der Waals surface area contributed by atoms with Crippen LogP contribution in [-0.2, 0) is 22.4 Å². The molecule has 182 valence electrons. The number of nitrogens with zero attached hydrogens (tertiary/aromatic N) is 3. The SMILES string of the molecule is C[C@@H](SC1=Nc2ccccc2C2=N[C@@H](Cc3ccccc3)C(=O)N12)C(=O)NCCc1ccc(Cl)cc1. The number of hydrogen-bond acceptors (Lipinski definition) is 5. The number of nitrogens with one attached hydrogen (secondary N) is 1. The van der Waals surface area contributed by atoms with Crippen LogP contribution in [0.2, 0.25) is 5.02 Å². The second-order valence-electron chi connectivity index (χ2n) is 8.67. The van der Waals surface area contributed by atoms with Crippen LogP contribution in [0.1, 0.15) is 23.6 Å². The van der Waals surface area contributed by atoms with E-state index in [1.165, 1.54) is 11.8 Å². The maximum Gasteiger partial charge on any atom is 0.259 e. The zero-order valence-electron chi connectivity index (χ0n) is 19.7. The van der Waals surface area contributed by atoms with Gasteiger partial charge in [-0.3, -0.25) is 14.6 Å². The zero-order chi connectivity index (χ0) is 25.1. The van der Waals surface area contributed by atoms with E-state index < -0.39 is 11.3 Å². The third-order valence-electron chi connectivity index (χ3n) is 6.10. The van der Waals surface area contributed by atoms with Crippen LogP contribution in [0.25, 0.3) is 0 Å². The van der Waals surface area contributed by atoms with Gasteiger partial charge in [-0.25, -0.2) is 9.89 Å². The van der Waals surface area contributed by atoms with Crippen LogP contribution in [0.5, 0.6) is 0 Å². The highest BCUT2D eigenvalue weighted by molar-refractivity contribution is 8.15. The van der Waals surface area contributed by atoms with Gasteiger partial charge in [0.15, 0.2) is 5.17 Å². The predicted octanol–water partition coefficient (Wildman–Crippen LogP) is 5.02. The lowest BCUT2D eigenvalue weighted by atomic mass is 10.1. The fourth-order valence-corrected chi connectivity index (χ4v) is 5.25. The molecule has 3 aromatic carbocycles. The number of aliphatic imine (C=N–C) groups is 2. The first-order chi connectivity index (χ1) is 17.5. The molecule has 0 saturated heterocycles. The lowest BCUT2D eigenvalue weighted by molar-refractivity contribution is -0.124. The summed E-state index contributed by atoms with van der Waals surface area (Å²) in [6.45, 7) is 2.33. The molecule has 2 aliphatic rings. The Balaban J connectivity index is 1.30. The Morgan fingerprint density at radius 1 is 1.03 bits per heavy atom.